The van der Waals surface area contributed by atoms with Crippen LogP contribution in [0.4, 0.5) is 0 Å². The van der Waals surface area contributed by atoms with Crippen molar-refractivity contribution in [1.29, 1.82) is 0 Å². The van der Waals surface area contributed by atoms with Gasteiger partial charge in [-0.15, -0.1) is 23.2 Å². The smallest absolute Gasteiger partial charge is 0.207 e. The van der Waals surface area contributed by atoms with Crippen molar-refractivity contribution in [2.24, 2.45) is 0 Å². The van der Waals surface area contributed by atoms with Crippen LogP contribution in [0.3, 0.4) is 0 Å². The Kier molecular flexibility index (Phi) is 6.03. The molecule has 1 aromatic rings. The number of hydrogen-bond donors (Lipinski definition) is 0. The van der Waals surface area contributed by atoms with Crippen LogP contribution < -0.4 is 0 Å². The van der Waals surface area contributed by atoms with E-state index in [1.54, 1.807) is 12.1 Å². The van der Waals surface area contributed by atoms with Crippen LogP contribution in [0, 0.1) is 0 Å². The number of alkyl halides is 2. The predicted molar refractivity (Wildman–Crippen MR) is 71.7 cm³/mol. The summed E-state index contributed by atoms with van der Waals surface area (Å²) in [6.45, 7) is 0.451. The fraction of sp³-hybridized carbons (Fsp3) is 0.400. The Morgan fingerprint density at radius 2 is 1.71 bits per heavy atom. The molecule has 96 valence electrons. The van der Waals surface area contributed by atoms with E-state index in [9.17, 15) is 8.42 Å². The van der Waals surface area contributed by atoms with Gasteiger partial charge in [-0.1, -0.05) is 17.7 Å². The first-order valence-corrected chi connectivity index (χ1v) is 7.78. The first kappa shape index (κ1) is 15.1. The molecule has 0 spiro atoms. The fourth-order valence-corrected chi connectivity index (χ4v) is 3.67. The molecule has 17 heavy (non-hydrogen) atoms. The minimum Gasteiger partial charge on any atom is -0.207 e. The van der Waals surface area contributed by atoms with Crippen molar-refractivity contribution in [3.05, 3.63) is 29.3 Å². The Morgan fingerprint density at radius 3 is 2.18 bits per heavy atom. The summed E-state index contributed by atoms with van der Waals surface area (Å²) in [4.78, 5) is 0.153. The minimum atomic E-state index is -3.57. The van der Waals surface area contributed by atoms with E-state index in [-0.39, 0.29) is 29.7 Å². The normalized spacial score (nSPS) is 12.0. The van der Waals surface area contributed by atoms with E-state index in [4.69, 9.17) is 34.8 Å². The van der Waals surface area contributed by atoms with Gasteiger partial charge in [-0.3, -0.25) is 0 Å². The highest BCUT2D eigenvalue weighted by molar-refractivity contribution is 7.89. The summed E-state index contributed by atoms with van der Waals surface area (Å²) in [5.74, 6) is 0.438. The molecule has 0 saturated carbocycles. The van der Waals surface area contributed by atoms with E-state index in [1.807, 2.05) is 0 Å². The van der Waals surface area contributed by atoms with Gasteiger partial charge in [-0.05, 0) is 18.2 Å². The van der Waals surface area contributed by atoms with Gasteiger partial charge in [-0.25, -0.2) is 8.42 Å². The molecule has 0 fully saturated rings. The highest BCUT2D eigenvalue weighted by Gasteiger charge is 2.23. The Balaban J connectivity index is 3.07. The Morgan fingerprint density at radius 1 is 1.12 bits per heavy atom. The lowest BCUT2D eigenvalue weighted by Crippen LogP contribution is -2.34. The molecule has 3 nitrogen and oxygen atoms in total. The van der Waals surface area contributed by atoms with Crippen molar-refractivity contribution in [3.63, 3.8) is 0 Å². The average Bonchev–Trinajstić information content (AvgIpc) is 2.29. The number of benzene rings is 1. The maximum Gasteiger partial charge on any atom is 0.243 e. The second-order valence-corrected chi connectivity index (χ2v) is 6.37. The average molecular weight is 317 g/mol. The van der Waals surface area contributed by atoms with Crippen LogP contribution in [0.1, 0.15) is 0 Å². The number of nitrogens with zero attached hydrogens (tertiary/aromatic N) is 1. The van der Waals surface area contributed by atoms with Gasteiger partial charge >= 0.3 is 0 Å². The molecule has 0 bridgehead atoms. The zero-order valence-electron chi connectivity index (χ0n) is 8.94. The first-order chi connectivity index (χ1) is 8.02. The van der Waals surface area contributed by atoms with Crippen molar-refractivity contribution >= 4 is 44.8 Å². The lowest BCUT2D eigenvalue weighted by molar-refractivity contribution is 0.448. The third-order valence-electron chi connectivity index (χ3n) is 2.10. The van der Waals surface area contributed by atoms with Gasteiger partial charge in [0.25, 0.3) is 0 Å². The molecule has 7 heteroatoms. The number of hydrogen-bond acceptors (Lipinski definition) is 2. The van der Waals surface area contributed by atoms with E-state index in [0.717, 1.165) is 0 Å². The zero-order chi connectivity index (χ0) is 12.9. The minimum absolute atomic E-state index is 0.153. The van der Waals surface area contributed by atoms with Crippen LogP contribution in [-0.4, -0.2) is 37.6 Å². The molecule has 0 saturated heterocycles. The van der Waals surface area contributed by atoms with E-state index in [0.29, 0.717) is 5.02 Å². The van der Waals surface area contributed by atoms with Crippen LogP contribution >= 0.6 is 34.8 Å². The van der Waals surface area contributed by atoms with Crippen molar-refractivity contribution in [3.8, 4) is 0 Å². The van der Waals surface area contributed by atoms with E-state index in [1.165, 1.54) is 16.4 Å². The molecule has 0 aliphatic heterocycles. The van der Waals surface area contributed by atoms with E-state index in [2.05, 4.69) is 0 Å². The van der Waals surface area contributed by atoms with Crippen LogP contribution in [-0.2, 0) is 10.0 Å². The van der Waals surface area contributed by atoms with Crippen LogP contribution in [0.15, 0.2) is 29.2 Å². The molecular weight excluding hydrogens is 305 g/mol. The molecule has 0 radical (unpaired) electrons. The molecule has 0 aromatic heterocycles. The van der Waals surface area contributed by atoms with Gasteiger partial charge in [0, 0.05) is 29.9 Å². The van der Waals surface area contributed by atoms with E-state index >= 15 is 0 Å². The van der Waals surface area contributed by atoms with Crippen molar-refractivity contribution in [1.82, 2.24) is 4.31 Å². The Hall–Kier alpha value is -0.000000000000000111. The summed E-state index contributed by atoms with van der Waals surface area (Å²) in [5.41, 5.74) is 0. The maximum absolute atomic E-state index is 12.2. The fourth-order valence-electron chi connectivity index (χ4n) is 1.32. The second kappa shape index (κ2) is 6.81. The second-order valence-electron chi connectivity index (χ2n) is 3.24. The standard InChI is InChI=1S/C10H12Cl3NO2S/c11-4-6-14(7-5-12)17(15,16)10-3-1-2-9(13)8-10/h1-3,8H,4-7H2. The monoisotopic (exact) mass is 315 g/mol. The molecule has 0 heterocycles. The molecule has 0 unspecified atom stereocenters. The van der Waals surface area contributed by atoms with Gasteiger partial charge in [0.2, 0.25) is 10.0 Å². The predicted octanol–water partition coefficient (Wildman–Crippen LogP) is 2.81. The molecule has 1 rings (SSSR count). The van der Waals surface area contributed by atoms with Gasteiger partial charge in [0.05, 0.1) is 4.90 Å². The molecule has 0 aliphatic carbocycles. The Bertz CT molecular complexity index is 458. The molecule has 0 atom stereocenters. The maximum atomic E-state index is 12.2. The lowest BCUT2D eigenvalue weighted by Gasteiger charge is -2.20. The van der Waals surface area contributed by atoms with Gasteiger partial charge in [0.1, 0.15) is 0 Å². The lowest BCUT2D eigenvalue weighted by atomic mass is 10.4. The summed E-state index contributed by atoms with van der Waals surface area (Å²) >= 11 is 16.9. The molecule has 1 aromatic carbocycles. The van der Waals surface area contributed by atoms with Crippen molar-refractivity contribution in [2.75, 3.05) is 24.8 Å². The summed E-state index contributed by atoms with van der Waals surface area (Å²) in [5, 5.41) is 0.378. The van der Waals surface area contributed by atoms with Gasteiger partial charge in [0.15, 0.2) is 0 Å². The zero-order valence-corrected chi connectivity index (χ0v) is 12.0. The van der Waals surface area contributed by atoms with Gasteiger partial charge in [-0.2, -0.15) is 4.31 Å². The summed E-state index contributed by atoms with van der Waals surface area (Å²) in [6, 6.07) is 6.12. The molecule has 0 aliphatic rings. The summed E-state index contributed by atoms with van der Waals surface area (Å²) < 4.78 is 25.7. The van der Waals surface area contributed by atoms with Gasteiger partial charge < -0.3 is 0 Å². The van der Waals surface area contributed by atoms with Crippen LogP contribution in [0.5, 0.6) is 0 Å². The molecular formula is C10H12Cl3NO2S. The first-order valence-electron chi connectivity index (χ1n) is 4.90. The van der Waals surface area contributed by atoms with Crippen LogP contribution in [0.25, 0.3) is 0 Å². The largest absolute Gasteiger partial charge is 0.243 e. The number of sulfonamides is 1. The quantitative estimate of drug-likeness (QED) is 0.757. The molecule has 0 N–H and O–H groups in total. The van der Waals surface area contributed by atoms with E-state index < -0.39 is 10.0 Å². The Labute approximate surface area is 116 Å². The molecule has 0 amide bonds. The highest BCUT2D eigenvalue weighted by atomic mass is 35.5. The number of rotatable bonds is 6. The summed E-state index contributed by atoms with van der Waals surface area (Å²) in [6.07, 6.45) is 0. The SMILES string of the molecule is O=S(=O)(c1cccc(Cl)c1)N(CCCl)CCCl. The third kappa shape index (κ3) is 4.00. The topological polar surface area (TPSA) is 37.4 Å². The van der Waals surface area contributed by atoms with Crippen LogP contribution in [0.2, 0.25) is 5.02 Å². The highest BCUT2D eigenvalue weighted by Crippen LogP contribution is 2.19. The van der Waals surface area contributed by atoms with Crippen molar-refractivity contribution < 1.29 is 8.42 Å². The third-order valence-corrected chi connectivity index (χ3v) is 4.57. The number of halogens is 3. The van der Waals surface area contributed by atoms with Crippen molar-refractivity contribution in [2.45, 2.75) is 4.90 Å². The summed E-state index contributed by atoms with van der Waals surface area (Å²) in [7, 11) is -3.57.